The van der Waals surface area contributed by atoms with Gasteiger partial charge in [-0.05, 0) is 12.1 Å². The summed E-state index contributed by atoms with van der Waals surface area (Å²) in [6.07, 6.45) is 0. The molecule has 0 saturated carbocycles. The minimum Gasteiger partial charge on any atom is -0.506 e. The zero-order valence-corrected chi connectivity index (χ0v) is 10.5. The van der Waals surface area contributed by atoms with Crippen LogP contribution in [0.4, 0.5) is 0 Å². The van der Waals surface area contributed by atoms with Crippen molar-refractivity contribution in [2.45, 2.75) is 0 Å². The molecule has 6 heteroatoms. The lowest BCUT2D eigenvalue weighted by Crippen LogP contribution is -2.35. The van der Waals surface area contributed by atoms with Gasteiger partial charge in [-0.15, -0.1) is 0 Å². The third-order valence-corrected chi connectivity index (χ3v) is 2.93. The number of para-hydroxylation sites is 1. The van der Waals surface area contributed by atoms with Gasteiger partial charge in [0, 0.05) is 25.5 Å². The maximum absolute atomic E-state index is 12.1. The summed E-state index contributed by atoms with van der Waals surface area (Å²) in [5.41, 5.74) is 5.07. The molecule has 0 aliphatic carbocycles. The number of hydrogen-bond donors (Lipinski definition) is 3. The molecule has 6 nitrogen and oxygen atoms in total. The highest BCUT2D eigenvalue weighted by atomic mass is 16.3. The Morgan fingerprint density at radius 1 is 1.42 bits per heavy atom. The maximum atomic E-state index is 12.1. The van der Waals surface area contributed by atoms with Gasteiger partial charge in [0.05, 0.1) is 5.52 Å². The third-order valence-electron chi connectivity index (χ3n) is 2.93. The summed E-state index contributed by atoms with van der Waals surface area (Å²) in [5.74, 6) is -0.914. The van der Waals surface area contributed by atoms with E-state index in [-0.39, 0.29) is 24.4 Å². The van der Waals surface area contributed by atoms with Gasteiger partial charge in [0.1, 0.15) is 11.3 Å². The van der Waals surface area contributed by atoms with Gasteiger partial charge >= 0.3 is 0 Å². The first-order chi connectivity index (χ1) is 9.07. The van der Waals surface area contributed by atoms with Gasteiger partial charge in [-0.1, -0.05) is 12.1 Å². The molecular weight excluding hydrogens is 246 g/mol. The quantitative estimate of drug-likeness (QED) is 0.720. The Balaban J connectivity index is 2.68. The fraction of sp³-hybridized carbons (Fsp3) is 0.231. The van der Waals surface area contributed by atoms with E-state index in [1.807, 2.05) is 0 Å². The van der Waals surface area contributed by atoms with Crippen LogP contribution in [0, 0.1) is 0 Å². The van der Waals surface area contributed by atoms with Crippen molar-refractivity contribution in [3.8, 4) is 5.75 Å². The summed E-state index contributed by atoms with van der Waals surface area (Å²) in [6.45, 7) is 0.509. The molecule has 0 atom stereocenters. The number of aryl methyl sites for hydroxylation is 1. The monoisotopic (exact) mass is 261 g/mol. The molecule has 1 aromatic carbocycles. The summed E-state index contributed by atoms with van der Waals surface area (Å²) < 4.78 is 1.34. The van der Waals surface area contributed by atoms with Gasteiger partial charge < -0.3 is 20.7 Å². The molecule has 0 spiro atoms. The maximum Gasteiger partial charge on any atom is 0.267 e. The third kappa shape index (κ3) is 2.17. The lowest BCUT2D eigenvalue weighted by atomic mass is 10.1. The van der Waals surface area contributed by atoms with E-state index in [2.05, 4.69) is 5.32 Å². The predicted molar refractivity (Wildman–Crippen MR) is 72.2 cm³/mol. The fourth-order valence-electron chi connectivity index (χ4n) is 1.96. The number of carbonyl (C=O) groups is 1. The molecule has 0 radical (unpaired) electrons. The molecule has 1 heterocycles. The van der Waals surface area contributed by atoms with Crippen molar-refractivity contribution in [2.75, 3.05) is 13.1 Å². The van der Waals surface area contributed by atoms with Gasteiger partial charge in [-0.25, -0.2) is 0 Å². The number of nitrogens with zero attached hydrogens (tertiary/aromatic N) is 1. The van der Waals surface area contributed by atoms with E-state index in [9.17, 15) is 14.7 Å². The highest BCUT2D eigenvalue weighted by molar-refractivity contribution is 6.02. The van der Waals surface area contributed by atoms with Crippen molar-refractivity contribution in [1.82, 2.24) is 9.88 Å². The molecular formula is C13H15N3O3. The standard InChI is InChI=1S/C13H15N3O3/c1-16-9-5-3-2-4-8(9)11(17)10(13(16)19)12(18)15-7-6-14/h2-5,17H,6-7,14H2,1H3,(H,15,18). The Bertz CT molecular complexity index is 691. The number of hydrogen-bond acceptors (Lipinski definition) is 4. The second-order valence-electron chi connectivity index (χ2n) is 4.15. The summed E-state index contributed by atoms with van der Waals surface area (Å²) >= 11 is 0. The van der Waals surface area contributed by atoms with Crippen LogP contribution in [0.1, 0.15) is 10.4 Å². The second-order valence-corrected chi connectivity index (χ2v) is 4.15. The van der Waals surface area contributed by atoms with Gasteiger partial charge in [-0.3, -0.25) is 9.59 Å². The lowest BCUT2D eigenvalue weighted by Gasteiger charge is -2.11. The average molecular weight is 261 g/mol. The van der Waals surface area contributed by atoms with Gasteiger partial charge in [0.15, 0.2) is 0 Å². The van der Waals surface area contributed by atoms with Crippen LogP contribution in [0.5, 0.6) is 5.75 Å². The van der Waals surface area contributed by atoms with Crippen molar-refractivity contribution in [1.29, 1.82) is 0 Å². The molecule has 19 heavy (non-hydrogen) atoms. The van der Waals surface area contributed by atoms with E-state index < -0.39 is 11.5 Å². The molecule has 0 aliphatic rings. The number of amides is 1. The van der Waals surface area contributed by atoms with Gasteiger partial charge in [0.2, 0.25) is 0 Å². The van der Waals surface area contributed by atoms with Gasteiger partial charge in [0.25, 0.3) is 11.5 Å². The smallest absolute Gasteiger partial charge is 0.267 e. The predicted octanol–water partition coefficient (Wildman–Crippen LogP) is -0.0674. The summed E-state index contributed by atoms with van der Waals surface area (Å²) in [4.78, 5) is 24.0. The van der Waals surface area contributed by atoms with Crippen molar-refractivity contribution in [3.63, 3.8) is 0 Å². The molecule has 0 bridgehead atoms. The van der Waals surface area contributed by atoms with Crippen molar-refractivity contribution in [2.24, 2.45) is 12.8 Å². The molecule has 1 amide bonds. The molecule has 0 aliphatic heterocycles. The van der Waals surface area contributed by atoms with Crippen LogP contribution in [-0.2, 0) is 7.05 Å². The van der Waals surface area contributed by atoms with Crippen LogP contribution >= 0.6 is 0 Å². The molecule has 1 aromatic heterocycles. The Labute approximate surface area is 109 Å². The van der Waals surface area contributed by atoms with Gasteiger partial charge in [-0.2, -0.15) is 0 Å². The Morgan fingerprint density at radius 3 is 2.79 bits per heavy atom. The zero-order valence-electron chi connectivity index (χ0n) is 10.5. The SMILES string of the molecule is Cn1c(=O)c(C(=O)NCCN)c(O)c2ccccc21. The first-order valence-electron chi connectivity index (χ1n) is 5.87. The molecule has 2 rings (SSSR count). The molecule has 100 valence electrons. The zero-order chi connectivity index (χ0) is 14.0. The van der Waals surface area contributed by atoms with E-state index in [4.69, 9.17) is 5.73 Å². The summed E-state index contributed by atoms with van der Waals surface area (Å²) in [5, 5.41) is 13.1. The summed E-state index contributed by atoms with van der Waals surface area (Å²) in [7, 11) is 1.56. The Kier molecular flexibility index (Phi) is 3.52. The molecule has 4 N–H and O–H groups in total. The van der Waals surface area contributed by atoms with Crippen LogP contribution in [-0.4, -0.2) is 28.7 Å². The molecule has 0 unspecified atom stereocenters. The van der Waals surface area contributed by atoms with Crippen molar-refractivity contribution in [3.05, 3.63) is 40.2 Å². The number of benzene rings is 1. The largest absolute Gasteiger partial charge is 0.506 e. The first-order valence-corrected chi connectivity index (χ1v) is 5.87. The van der Waals surface area contributed by atoms with Crippen LogP contribution in [0.25, 0.3) is 10.9 Å². The minimum absolute atomic E-state index is 0.244. The summed E-state index contributed by atoms with van der Waals surface area (Å²) in [6, 6.07) is 6.85. The Hall–Kier alpha value is -2.34. The normalized spacial score (nSPS) is 10.6. The first kappa shape index (κ1) is 13.1. The number of nitrogens with two attached hydrogens (primary N) is 1. The molecule has 0 saturated heterocycles. The van der Waals surface area contributed by atoms with E-state index in [0.717, 1.165) is 0 Å². The Morgan fingerprint density at radius 2 is 2.11 bits per heavy atom. The number of fused-ring (bicyclic) bond motifs is 1. The number of nitrogens with one attached hydrogen (secondary N) is 1. The number of pyridine rings is 1. The average Bonchev–Trinajstić information content (AvgIpc) is 2.43. The van der Waals surface area contributed by atoms with Crippen LogP contribution in [0.15, 0.2) is 29.1 Å². The lowest BCUT2D eigenvalue weighted by molar-refractivity contribution is 0.0950. The second kappa shape index (κ2) is 5.11. The number of rotatable bonds is 3. The van der Waals surface area contributed by atoms with Crippen molar-refractivity contribution < 1.29 is 9.90 Å². The number of aromatic nitrogens is 1. The van der Waals surface area contributed by atoms with E-state index in [1.54, 1.807) is 31.3 Å². The molecule has 0 fully saturated rings. The topological polar surface area (TPSA) is 97.4 Å². The minimum atomic E-state index is -0.616. The number of aromatic hydroxyl groups is 1. The van der Waals surface area contributed by atoms with Crippen LogP contribution in [0.2, 0.25) is 0 Å². The van der Waals surface area contributed by atoms with E-state index >= 15 is 0 Å². The van der Waals surface area contributed by atoms with E-state index in [0.29, 0.717) is 10.9 Å². The van der Waals surface area contributed by atoms with E-state index in [1.165, 1.54) is 4.57 Å². The van der Waals surface area contributed by atoms with Crippen LogP contribution in [0.3, 0.4) is 0 Å². The fourth-order valence-corrected chi connectivity index (χ4v) is 1.96. The van der Waals surface area contributed by atoms with Crippen molar-refractivity contribution >= 4 is 16.8 Å². The highest BCUT2D eigenvalue weighted by Crippen LogP contribution is 2.25. The van der Waals surface area contributed by atoms with Crippen LogP contribution < -0.4 is 16.6 Å². The highest BCUT2D eigenvalue weighted by Gasteiger charge is 2.20. The number of carbonyl (C=O) groups excluding carboxylic acids is 1. The molecule has 2 aromatic rings.